The van der Waals surface area contributed by atoms with E-state index in [2.05, 4.69) is 42.8 Å². The highest BCUT2D eigenvalue weighted by atomic mass is 16.1. The maximum atomic E-state index is 12.6. The SMILES string of the molecule is CCCC(=O)c1c(C)n(CCC)c2cc3c(cc12)CNC3. The molecular formula is C18H24N2O. The molecule has 112 valence electrons. The lowest BCUT2D eigenvalue weighted by Crippen LogP contribution is -2.04. The zero-order chi connectivity index (χ0) is 15.0. The highest BCUT2D eigenvalue weighted by Gasteiger charge is 2.21. The molecule has 0 saturated carbocycles. The van der Waals surface area contributed by atoms with Gasteiger partial charge in [0.05, 0.1) is 0 Å². The van der Waals surface area contributed by atoms with Crippen molar-refractivity contribution in [1.82, 2.24) is 9.88 Å². The summed E-state index contributed by atoms with van der Waals surface area (Å²) < 4.78 is 2.33. The largest absolute Gasteiger partial charge is 0.344 e. The number of nitrogens with zero attached hydrogens (tertiary/aromatic N) is 1. The van der Waals surface area contributed by atoms with Crippen molar-refractivity contribution >= 4 is 16.7 Å². The molecule has 0 atom stereocenters. The van der Waals surface area contributed by atoms with Gasteiger partial charge in [0, 0.05) is 48.2 Å². The summed E-state index contributed by atoms with van der Waals surface area (Å²) in [5.74, 6) is 0.292. The van der Waals surface area contributed by atoms with Crippen LogP contribution in [0.5, 0.6) is 0 Å². The average Bonchev–Trinajstić information content (AvgIpc) is 3.00. The molecule has 0 unspecified atom stereocenters. The van der Waals surface area contributed by atoms with Crippen LogP contribution < -0.4 is 5.32 Å². The Bertz CT molecular complexity index is 697. The summed E-state index contributed by atoms with van der Waals surface area (Å²) in [6, 6.07) is 4.53. The van der Waals surface area contributed by atoms with E-state index in [1.165, 1.54) is 16.6 Å². The van der Waals surface area contributed by atoms with Crippen molar-refractivity contribution < 1.29 is 4.79 Å². The Morgan fingerprint density at radius 3 is 2.57 bits per heavy atom. The molecule has 0 fully saturated rings. The van der Waals surface area contributed by atoms with E-state index in [0.717, 1.165) is 49.1 Å². The Hall–Kier alpha value is -1.61. The molecule has 3 rings (SSSR count). The molecule has 1 N–H and O–H groups in total. The number of benzene rings is 1. The summed E-state index contributed by atoms with van der Waals surface area (Å²) in [6.07, 6.45) is 2.63. The summed E-state index contributed by atoms with van der Waals surface area (Å²) in [4.78, 5) is 12.6. The minimum absolute atomic E-state index is 0.292. The number of hydrogen-bond donors (Lipinski definition) is 1. The van der Waals surface area contributed by atoms with Crippen LogP contribution in [-0.2, 0) is 19.6 Å². The molecule has 1 aliphatic heterocycles. The molecular weight excluding hydrogens is 260 g/mol. The van der Waals surface area contributed by atoms with Gasteiger partial charge >= 0.3 is 0 Å². The Morgan fingerprint density at radius 1 is 1.19 bits per heavy atom. The summed E-state index contributed by atoms with van der Waals surface area (Å²) in [5.41, 5.74) is 6.06. The van der Waals surface area contributed by atoms with Crippen LogP contribution in [0.15, 0.2) is 12.1 Å². The van der Waals surface area contributed by atoms with E-state index in [9.17, 15) is 4.79 Å². The predicted octanol–water partition coefficient (Wildman–Crippen LogP) is 3.95. The van der Waals surface area contributed by atoms with Gasteiger partial charge in [0.1, 0.15) is 0 Å². The highest BCUT2D eigenvalue weighted by Crippen LogP contribution is 2.31. The minimum atomic E-state index is 0.292. The number of fused-ring (bicyclic) bond motifs is 2. The van der Waals surface area contributed by atoms with Crippen LogP contribution in [0.1, 0.15) is 60.3 Å². The Kier molecular flexibility index (Phi) is 3.85. The van der Waals surface area contributed by atoms with Crippen molar-refractivity contribution in [2.24, 2.45) is 0 Å². The third-order valence-corrected chi connectivity index (χ3v) is 4.48. The zero-order valence-electron chi connectivity index (χ0n) is 13.3. The molecule has 0 spiro atoms. The van der Waals surface area contributed by atoms with Crippen molar-refractivity contribution in [2.75, 3.05) is 0 Å². The van der Waals surface area contributed by atoms with Crippen LogP contribution in [0.2, 0.25) is 0 Å². The number of carbonyl (C=O) groups is 1. The number of Topliss-reactive ketones (excluding diaryl/α,β-unsaturated/α-hetero) is 1. The van der Waals surface area contributed by atoms with Gasteiger partial charge in [0.15, 0.2) is 5.78 Å². The van der Waals surface area contributed by atoms with Crippen LogP contribution in [0.3, 0.4) is 0 Å². The number of carbonyl (C=O) groups excluding carboxylic acids is 1. The van der Waals surface area contributed by atoms with Gasteiger partial charge in [0.2, 0.25) is 0 Å². The number of aromatic nitrogens is 1. The number of nitrogens with one attached hydrogen (secondary N) is 1. The monoisotopic (exact) mass is 284 g/mol. The molecule has 3 heteroatoms. The molecule has 2 heterocycles. The predicted molar refractivity (Wildman–Crippen MR) is 86.7 cm³/mol. The summed E-state index contributed by atoms with van der Waals surface area (Å²) >= 11 is 0. The van der Waals surface area contributed by atoms with Gasteiger partial charge in [-0.1, -0.05) is 13.8 Å². The number of ketones is 1. The second kappa shape index (κ2) is 5.64. The molecule has 1 aromatic heterocycles. The maximum absolute atomic E-state index is 12.6. The van der Waals surface area contributed by atoms with E-state index in [-0.39, 0.29) is 0 Å². The fourth-order valence-corrected chi connectivity index (χ4v) is 3.49. The van der Waals surface area contributed by atoms with Crippen molar-refractivity contribution in [3.63, 3.8) is 0 Å². The summed E-state index contributed by atoms with van der Waals surface area (Å²) in [7, 11) is 0. The van der Waals surface area contributed by atoms with E-state index in [1.54, 1.807) is 0 Å². The average molecular weight is 284 g/mol. The maximum Gasteiger partial charge on any atom is 0.165 e. The fourth-order valence-electron chi connectivity index (χ4n) is 3.49. The van der Waals surface area contributed by atoms with Crippen LogP contribution in [0.25, 0.3) is 10.9 Å². The smallest absolute Gasteiger partial charge is 0.165 e. The van der Waals surface area contributed by atoms with E-state index in [4.69, 9.17) is 0 Å². The Balaban J connectivity index is 2.25. The fraction of sp³-hybridized carbons (Fsp3) is 0.500. The molecule has 0 aliphatic carbocycles. The quantitative estimate of drug-likeness (QED) is 0.844. The van der Waals surface area contributed by atoms with Gasteiger partial charge in [-0.15, -0.1) is 0 Å². The molecule has 3 nitrogen and oxygen atoms in total. The molecule has 2 aromatic rings. The number of aryl methyl sites for hydroxylation is 1. The lowest BCUT2D eigenvalue weighted by molar-refractivity contribution is 0.0982. The van der Waals surface area contributed by atoms with Crippen LogP contribution in [0, 0.1) is 6.92 Å². The molecule has 0 saturated heterocycles. The van der Waals surface area contributed by atoms with Crippen LogP contribution >= 0.6 is 0 Å². The van der Waals surface area contributed by atoms with Gasteiger partial charge in [0.25, 0.3) is 0 Å². The first-order valence-electron chi connectivity index (χ1n) is 8.05. The topological polar surface area (TPSA) is 34.0 Å². The lowest BCUT2D eigenvalue weighted by atomic mass is 10.0. The summed E-state index contributed by atoms with van der Waals surface area (Å²) in [6.45, 7) is 9.20. The molecule has 0 bridgehead atoms. The molecule has 0 amide bonds. The highest BCUT2D eigenvalue weighted by molar-refractivity contribution is 6.09. The minimum Gasteiger partial charge on any atom is -0.344 e. The van der Waals surface area contributed by atoms with E-state index in [0.29, 0.717) is 12.2 Å². The number of hydrogen-bond acceptors (Lipinski definition) is 2. The van der Waals surface area contributed by atoms with Gasteiger partial charge in [-0.2, -0.15) is 0 Å². The third-order valence-electron chi connectivity index (χ3n) is 4.48. The van der Waals surface area contributed by atoms with Crippen molar-refractivity contribution in [1.29, 1.82) is 0 Å². The van der Waals surface area contributed by atoms with Crippen LogP contribution in [0.4, 0.5) is 0 Å². The van der Waals surface area contributed by atoms with E-state index < -0.39 is 0 Å². The first kappa shape index (κ1) is 14.3. The Morgan fingerprint density at radius 2 is 1.90 bits per heavy atom. The molecule has 21 heavy (non-hydrogen) atoms. The van der Waals surface area contributed by atoms with E-state index >= 15 is 0 Å². The second-order valence-corrected chi connectivity index (χ2v) is 6.03. The van der Waals surface area contributed by atoms with E-state index in [1.807, 2.05) is 0 Å². The molecule has 1 aliphatic rings. The Labute approximate surface area is 126 Å². The first-order valence-corrected chi connectivity index (χ1v) is 8.05. The second-order valence-electron chi connectivity index (χ2n) is 6.03. The molecule has 1 aromatic carbocycles. The van der Waals surface area contributed by atoms with Crippen molar-refractivity contribution in [2.45, 2.75) is 59.7 Å². The van der Waals surface area contributed by atoms with Gasteiger partial charge in [-0.3, -0.25) is 4.79 Å². The normalized spacial score (nSPS) is 13.9. The van der Waals surface area contributed by atoms with Crippen LogP contribution in [-0.4, -0.2) is 10.4 Å². The van der Waals surface area contributed by atoms with Crippen molar-refractivity contribution in [3.8, 4) is 0 Å². The standard InChI is InChI=1S/C18H24N2O/c1-4-6-17(21)18-12(3)20(7-5-2)16-9-14-11-19-10-13(14)8-15(16)18/h8-9,19H,4-7,10-11H2,1-3H3. The van der Waals surface area contributed by atoms with Gasteiger partial charge in [-0.25, -0.2) is 0 Å². The number of rotatable bonds is 5. The molecule has 0 radical (unpaired) electrons. The van der Waals surface area contributed by atoms with Gasteiger partial charge < -0.3 is 9.88 Å². The van der Waals surface area contributed by atoms with Crippen molar-refractivity contribution in [3.05, 3.63) is 34.5 Å². The summed E-state index contributed by atoms with van der Waals surface area (Å²) in [5, 5.41) is 4.55. The van der Waals surface area contributed by atoms with Gasteiger partial charge in [-0.05, 0) is 43.0 Å². The zero-order valence-corrected chi connectivity index (χ0v) is 13.3. The third kappa shape index (κ3) is 2.30. The lowest BCUT2D eigenvalue weighted by Gasteiger charge is -2.07. The first-order chi connectivity index (χ1) is 10.2.